The number of hydrogen-bond acceptors (Lipinski definition) is 6. The van der Waals surface area contributed by atoms with E-state index in [2.05, 4.69) is 36.1 Å². The average Bonchev–Trinajstić information content (AvgIpc) is 3.15. The van der Waals surface area contributed by atoms with Crippen LogP contribution in [-0.2, 0) is 0 Å². The summed E-state index contributed by atoms with van der Waals surface area (Å²) in [6.45, 7) is 5.44. The normalized spacial score (nSPS) is 13.1. The zero-order chi connectivity index (χ0) is 19.0. The first-order valence-corrected chi connectivity index (χ1v) is 9.66. The fraction of sp³-hybridized carbons (Fsp3) is 0.263. The van der Waals surface area contributed by atoms with Crippen LogP contribution in [0.2, 0.25) is 0 Å². The number of rotatable bonds is 1. The maximum Gasteiger partial charge on any atom is 0.222 e. The smallest absolute Gasteiger partial charge is 0.222 e. The van der Waals surface area contributed by atoms with Gasteiger partial charge in [0, 0.05) is 16.9 Å². The van der Waals surface area contributed by atoms with Gasteiger partial charge in [-0.15, -0.1) is 10.2 Å². The minimum absolute atomic E-state index is 0.590. The van der Waals surface area contributed by atoms with Crippen molar-refractivity contribution in [1.82, 2.24) is 24.8 Å². The van der Waals surface area contributed by atoms with Gasteiger partial charge in [-0.2, -0.15) is 9.61 Å². The summed E-state index contributed by atoms with van der Waals surface area (Å²) in [6.07, 6.45) is 1.78. The van der Waals surface area contributed by atoms with E-state index in [-0.39, 0.29) is 0 Å². The lowest BCUT2D eigenvalue weighted by Crippen LogP contribution is -2.29. The summed E-state index contributed by atoms with van der Waals surface area (Å²) < 4.78 is 8.44. The largest absolute Gasteiger partial charge is 0.486 e. The first-order valence-electron chi connectivity index (χ1n) is 8.86. The summed E-state index contributed by atoms with van der Waals surface area (Å²) in [7, 11) is 2.01. The Balaban J connectivity index is 0.000000872. The molecule has 0 radical (unpaired) electrons. The fourth-order valence-corrected chi connectivity index (χ4v) is 3.50. The summed E-state index contributed by atoms with van der Waals surface area (Å²) in [5.74, 6) is 1.30. The van der Waals surface area contributed by atoms with Gasteiger partial charge in [-0.25, -0.2) is 4.98 Å². The van der Waals surface area contributed by atoms with Crippen molar-refractivity contribution in [3.05, 3.63) is 41.0 Å². The number of ether oxygens (including phenoxy) is 1. The number of fused-ring (bicyclic) bond motifs is 4. The molecule has 0 N–H and O–H groups in total. The van der Waals surface area contributed by atoms with E-state index in [1.165, 1.54) is 0 Å². The first-order chi connectivity index (χ1) is 13.2. The highest BCUT2D eigenvalue weighted by atomic mass is 79.9. The Hall–Kier alpha value is -2.74. The summed E-state index contributed by atoms with van der Waals surface area (Å²) in [4.78, 5) is 6.84. The Labute approximate surface area is 165 Å². The molecule has 4 aromatic rings. The van der Waals surface area contributed by atoms with Crippen molar-refractivity contribution in [2.75, 3.05) is 25.1 Å². The monoisotopic (exact) mass is 426 g/mol. The Morgan fingerprint density at radius 2 is 1.96 bits per heavy atom. The van der Waals surface area contributed by atoms with Crippen molar-refractivity contribution in [3.63, 3.8) is 0 Å². The second kappa shape index (κ2) is 7.11. The highest BCUT2D eigenvalue weighted by Gasteiger charge is 2.23. The summed E-state index contributed by atoms with van der Waals surface area (Å²) >= 11 is 3.55. The molecule has 7 nitrogen and oxygen atoms in total. The number of hydrogen-bond donors (Lipinski definition) is 0. The average molecular weight is 427 g/mol. The molecule has 27 heavy (non-hydrogen) atoms. The number of likely N-dealkylation sites (N-methyl/N-ethyl adjacent to an activating group) is 1. The van der Waals surface area contributed by atoms with Crippen LogP contribution in [0.4, 0.5) is 5.69 Å². The first kappa shape index (κ1) is 17.7. The van der Waals surface area contributed by atoms with Gasteiger partial charge in [0.2, 0.25) is 11.5 Å². The van der Waals surface area contributed by atoms with Crippen molar-refractivity contribution in [2.24, 2.45) is 0 Å². The van der Waals surface area contributed by atoms with Crippen LogP contribution < -0.4 is 9.64 Å². The summed E-state index contributed by atoms with van der Waals surface area (Å²) in [5.41, 5.74) is 3.12. The number of para-hydroxylation sites is 1. The molecule has 0 saturated carbocycles. The van der Waals surface area contributed by atoms with E-state index in [9.17, 15) is 0 Å². The van der Waals surface area contributed by atoms with Crippen LogP contribution in [-0.4, -0.2) is 45.0 Å². The predicted octanol–water partition coefficient (Wildman–Crippen LogP) is 3.96. The van der Waals surface area contributed by atoms with Gasteiger partial charge in [-0.05, 0) is 28.1 Å². The predicted molar refractivity (Wildman–Crippen MR) is 109 cm³/mol. The number of benzene rings is 1. The van der Waals surface area contributed by atoms with E-state index in [0.29, 0.717) is 29.5 Å². The Morgan fingerprint density at radius 1 is 1.11 bits per heavy atom. The third kappa shape index (κ3) is 2.90. The standard InChI is InChI=1S/C17H13BrN6O.C2H6/c1-23-7-8-25-15-13(23)9-19-24-16(21-22-17(15)24)12-6-5-10-3-2-4-11(18)14(10)20-12;1-2/h2-6,9H,7-8H2,1H3;1-2H3. The van der Waals surface area contributed by atoms with Crippen LogP contribution in [0.5, 0.6) is 5.75 Å². The molecule has 1 aromatic carbocycles. The Morgan fingerprint density at radius 3 is 2.81 bits per heavy atom. The molecular formula is C19H19BrN6O. The van der Waals surface area contributed by atoms with E-state index in [4.69, 9.17) is 9.72 Å². The molecule has 0 fully saturated rings. The van der Waals surface area contributed by atoms with Crippen LogP contribution in [0, 0.1) is 0 Å². The number of aromatic nitrogens is 5. The quantitative estimate of drug-likeness (QED) is 0.458. The molecule has 0 bridgehead atoms. The molecule has 1 aliphatic rings. The fourth-order valence-electron chi connectivity index (χ4n) is 3.03. The topological polar surface area (TPSA) is 68.4 Å². The van der Waals surface area contributed by atoms with E-state index in [0.717, 1.165) is 27.6 Å². The molecule has 4 heterocycles. The lowest BCUT2D eigenvalue weighted by atomic mass is 10.2. The molecule has 8 heteroatoms. The van der Waals surface area contributed by atoms with E-state index < -0.39 is 0 Å². The highest BCUT2D eigenvalue weighted by molar-refractivity contribution is 9.10. The van der Waals surface area contributed by atoms with Gasteiger partial charge in [0.1, 0.15) is 18.0 Å². The number of anilines is 1. The second-order valence-electron chi connectivity index (χ2n) is 5.90. The van der Waals surface area contributed by atoms with E-state index in [1.54, 1.807) is 10.7 Å². The molecule has 1 aliphatic heterocycles. The number of halogens is 1. The van der Waals surface area contributed by atoms with Crippen molar-refractivity contribution < 1.29 is 4.74 Å². The van der Waals surface area contributed by atoms with Crippen molar-refractivity contribution >= 4 is 38.2 Å². The van der Waals surface area contributed by atoms with E-state index >= 15 is 0 Å². The maximum absolute atomic E-state index is 5.81. The van der Waals surface area contributed by atoms with Gasteiger partial charge >= 0.3 is 0 Å². The minimum atomic E-state index is 0.590. The summed E-state index contributed by atoms with van der Waals surface area (Å²) in [6, 6.07) is 9.93. The third-order valence-electron chi connectivity index (χ3n) is 4.36. The van der Waals surface area contributed by atoms with Crippen molar-refractivity contribution in [2.45, 2.75) is 13.8 Å². The molecule has 0 atom stereocenters. The van der Waals surface area contributed by atoms with Gasteiger partial charge < -0.3 is 9.64 Å². The van der Waals surface area contributed by atoms with Crippen molar-refractivity contribution in [1.29, 1.82) is 0 Å². The molecule has 0 unspecified atom stereocenters. The van der Waals surface area contributed by atoms with Crippen LogP contribution in [0.1, 0.15) is 13.8 Å². The second-order valence-corrected chi connectivity index (χ2v) is 6.75. The van der Waals surface area contributed by atoms with Gasteiger partial charge in [-0.1, -0.05) is 32.0 Å². The SMILES string of the molecule is CC.CN1CCOc2c1cnn1c(-c3ccc4cccc(Br)c4n3)nnc21. The number of nitrogens with zero attached hydrogens (tertiary/aromatic N) is 6. The van der Waals surface area contributed by atoms with Crippen LogP contribution in [0.15, 0.2) is 41.0 Å². The Bertz CT molecular complexity index is 1130. The minimum Gasteiger partial charge on any atom is -0.486 e. The van der Waals surface area contributed by atoms with Gasteiger partial charge in [0.05, 0.1) is 18.3 Å². The van der Waals surface area contributed by atoms with Gasteiger partial charge in [0.15, 0.2) is 5.75 Å². The summed E-state index contributed by atoms with van der Waals surface area (Å²) in [5, 5.41) is 14.2. The lowest BCUT2D eigenvalue weighted by Gasteiger charge is -2.26. The third-order valence-corrected chi connectivity index (χ3v) is 5.00. The van der Waals surface area contributed by atoms with Gasteiger partial charge in [-0.3, -0.25) is 0 Å². The Kier molecular flexibility index (Phi) is 4.65. The molecule has 0 aliphatic carbocycles. The van der Waals surface area contributed by atoms with Crippen LogP contribution in [0.3, 0.4) is 0 Å². The molecule has 5 rings (SSSR count). The van der Waals surface area contributed by atoms with Crippen LogP contribution in [0.25, 0.3) is 28.1 Å². The van der Waals surface area contributed by atoms with Crippen molar-refractivity contribution in [3.8, 4) is 17.3 Å². The zero-order valence-corrected chi connectivity index (χ0v) is 16.9. The molecule has 138 valence electrons. The van der Waals surface area contributed by atoms with Crippen LogP contribution >= 0.6 is 15.9 Å². The number of pyridine rings is 1. The lowest BCUT2D eigenvalue weighted by molar-refractivity contribution is 0.312. The molecule has 0 saturated heterocycles. The molecule has 3 aromatic heterocycles. The molecular weight excluding hydrogens is 408 g/mol. The molecule has 0 spiro atoms. The van der Waals surface area contributed by atoms with Gasteiger partial charge in [0.25, 0.3) is 0 Å². The maximum atomic E-state index is 5.81. The highest BCUT2D eigenvalue weighted by Crippen LogP contribution is 2.34. The zero-order valence-electron chi connectivity index (χ0n) is 15.3. The molecule has 0 amide bonds. The van der Waals surface area contributed by atoms with E-state index in [1.807, 2.05) is 51.2 Å².